The number of fused-ring (bicyclic) bond motifs is 1. The van der Waals surface area contributed by atoms with Crippen molar-refractivity contribution in [2.75, 3.05) is 13.2 Å². The van der Waals surface area contributed by atoms with Crippen LogP contribution in [-0.4, -0.2) is 38.9 Å². The SMILES string of the molecule is O=C(O)c1cc(=O)n2[nH]c(C3CCOCC3)cc2n1. The number of aromatic amines is 1. The van der Waals surface area contributed by atoms with Crippen LogP contribution in [0.15, 0.2) is 16.9 Å². The van der Waals surface area contributed by atoms with E-state index < -0.39 is 11.5 Å². The topological polar surface area (TPSA) is 96.7 Å². The summed E-state index contributed by atoms with van der Waals surface area (Å²) in [6.45, 7) is 1.39. The molecule has 1 aliphatic heterocycles. The molecule has 1 fully saturated rings. The van der Waals surface area contributed by atoms with Gasteiger partial charge in [0.2, 0.25) is 0 Å². The first-order valence-corrected chi connectivity index (χ1v) is 6.09. The molecule has 0 saturated carbocycles. The number of rotatable bonds is 2. The number of aromatic nitrogens is 3. The third-order valence-electron chi connectivity index (χ3n) is 3.35. The normalized spacial score (nSPS) is 16.8. The van der Waals surface area contributed by atoms with E-state index in [0.717, 1.165) is 24.6 Å². The Morgan fingerprint density at radius 1 is 1.42 bits per heavy atom. The van der Waals surface area contributed by atoms with Crippen LogP contribution in [0.4, 0.5) is 0 Å². The number of carbonyl (C=O) groups is 1. The van der Waals surface area contributed by atoms with E-state index in [-0.39, 0.29) is 5.69 Å². The van der Waals surface area contributed by atoms with Crippen molar-refractivity contribution < 1.29 is 14.6 Å². The molecule has 0 aromatic carbocycles. The van der Waals surface area contributed by atoms with Crippen LogP contribution in [0, 0.1) is 0 Å². The fraction of sp³-hybridized carbons (Fsp3) is 0.417. The van der Waals surface area contributed by atoms with E-state index in [1.165, 1.54) is 4.52 Å². The second kappa shape index (κ2) is 4.51. The minimum Gasteiger partial charge on any atom is -0.477 e. The molecule has 0 amide bonds. The fourth-order valence-electron chi connectivity index (χ4n) is 2.34. The Bertz CT molecular complexity index is 682. The van der Waals surface area contributed by atoms with Gasteiger partial charge in [-0.3, -0.25) is 9.89 Å². The van der Waals surface area contributed by atoms with Crippen LogP contribution in [-0.2, 0) is 4.74 Å². The predicted molar refractivity (Wildman–Crippen MR) is 65.6 cm³/mol. The fourth-order valence-corrected chi connectivity index (χ4v) is 2.34. The quantitative estimate of drug-likeness (QED) is 0.827. The van der Waals surface area contributed by atoms with Crippen LogP contribution in [0.3, 0.4) is 0 Å². The minimum atomic E-state index is -1.20. The zero-order valence-electron chi connectivity index (χ0n) is 10.1. The number of aromatic carboxylic acids is 1. The number of hydrogen-bond acceptors (Lipinski definition) is 4. The van der Waals surface area contributed by atoms with Gasteiger partial charge in [-0.1, -0.05) is 0 Å². The number of carboxylic acid groups (broad SMARTS) is 1. The number of nitrogens with zero attached hydrogens (tertiary/aromatic N) is 2. The molecule has 1 aliphatic rings. The van der Waals surface area contributed by atoms with Gasteiger partial charge in [0, 0.05) is 37.0 Å². The number of carboxylic acids is 1. The largest absolute Gasteiger partial charge is 0.477 e. The molecular weight excluding hydrogens is 250 g/mol. The van der Waals surface area contributed by atoms with Gasteiger partial charge in [-0.25, -0.2) is 14.3 Å². The molecule has 0 radical (unpaired) electrons. The summed E-state index contributed by atoms with van der Waals surface area (Å²) in [7, 11) is 0. The van der Waals surface area contributed by atoms with Gasteiger partial charge >= 0.3 is 5.97 Å². The number of hydrogen-bond donors (Lipinski definition) is 2. The molecule has 0 aliphatic carbocycles. The van der Waals surface area contributed by atoms with Gasteiger partial charge in [-0.05, 0) is 12.8 Å². The third-order valence-corrected chi connectivity index (χ3v) is 3.35. The average molecular weight is 263 g/mol. The Hall–Kier alpha value is -2.15. The van der Waals surface area contributed by atoms with Crippen LogP contribution in [0.25, 0.3) is 5.65 Å². The second-order valence-electron chi connectivity index (χ2n) is 4.58. The first-order chi connectivity index (χ1) is 9.15. The first-order valence-electron chi connectivity index (χ1n) is 6.09. The summed E-state index contributed by atoms with van der Waals surface area (Å²) in [6.07, 6.45) is 1.76. The minimum absolute atomic E-state index is 0.234. The molecule has 7 heteroatoms. The zero-order valence-corrected chi connectivity index (χ0v) is 10.1. The van der Waals surface area contributed by atoms with Crippen molar-refractivity contribution in [1.82, 2.24) is 14.6 Å². The smallest absolute Gasteiger partial charge is 0.354 e. The standard InChI is InChI=1S/C12H13N3O4/c16-11-6-9(12(17)18)13-10-5-8(14-15(10)11)7-1-3-19-4-2-7/h5-7,14H,1-4H2,(H,17,18). The van der Waals surface area contributed by atoms with Gasteiger partial charge in [-0.15, -0.1) is 0 Å². The van der Waals surface area contributed by atoms with Gasteiger partial charge in [0.15, 0.2) is 11.3 Å². The summed E-state index contributed by atoms with van der Waals surface area (Å²) in [5.74, 6) is -0.906. The zero-order chi connectivity index (χ0) is 13.4. The number of ether oxygens (including phenoxy) is 1. The predicted octanol–water partition coefficient (Wildman–Crippen LogP) is 0.615. The highest BCUT2D eigenvalue weighted by atomic mass is 16.5. The summed E-state index contributed by atoms with van der Waals surface area (Å²) in [6, 6.07) is 2.75. The summed E-state index contributed by atoms with van der Waals surface area (Å²) < 4.78 is 6.57. The lowest BCUT2D eigenvalue weighted by molar-refractivity contribution is 0.0690. The molecule has 19 heavy (non-hydrogen) atoms. The molecule has 2 aromatic rings. The van der Waals surface area contributed by atoms with Gasteiger partial charge in [0.1, 0.15) is 0 Å². The lowest BCUT2D eigenvalue weighted by Gasteiger charge is -2.20. The molecule has 0 bridgehead atoms. The van der Waals surface area contributed by atoms with Crippen molar-refractivity contribution in [2.45, 2.75) is 18.8 Å². The summed E-state index contributed by atoms with van der Waals surface area (Å²) in [5, 5.41) is 11.9. The Balaban J connectivity index is 2.07. The molecule has 1 saturated heterocycles. The van der Waals surface area contributed by atoms with E-state index in [4.69, 9.17) is 9.84 Å². The maximum Gasteiger partial charge on any atom is 0.354 e. The molecule has 100 valence electrons. The van der Waals surface area contributed by atoms with Crippen LogP contribution >= 0.6 is 0 Å². The van der Waals surface area contributed by atoms with E-state index in [9.17, 15) is 9.59 Å². The van der Waals surface area contributed by atoms with E-state index in [1.807, 2.05) is 0 Å². The van der Waals surface area contributed by atoms with E-state index >= 15 is 0 Å². The molecule has 0 spiro atoms. The van der Waals surface area contributed by atoms with Crippen molar-refractivity contribution in [2.24, 2.45) is 0 Å². The molecular formula is C12H13N3O4. The highest BCUT2D eigenvalue weighted by molar-refractivity contribution is 5.85. The Kier molecular flexibility index (Phi) is 2.83. The highest BCUT2D eigenvalue weighted by Gasteiger charge is 2.19. The van der Waals surface area contributed by atoms with Crippen LogP contribution in [0.1, 0.15) is 34.9 Å². The van der Waals surface area contributed by atoms with Crippen molar-refractivity contribution >= 4 is 11.6 Å². The Morgan fingerprint density at radius 3 is 2.84 bits per heavy atom. The van der Waals surface area contributed by atoms with Crippen molar-refractivity contribution in [3.05, 3.63) is 33.9 Å². The van der Waals surface area contributed by atoms with Gasteiger partial charge in [0.05, 0.1) is 0 Å². The lowest BCUT2D eigenvalue weighted by Crippen LogP contribution is -2.18. The van der Waals surface area contributed by atoms with Crippen molar-refractivity contribution in [1.29, 1.82) is 0 Å². The van der Waals surface area contributed by atoms with Gasteiger partial charge < -0.3 is 9.84 Å². The molecule has 2 aromatic heterocycles. The van der Waals surface area contributed by atoms with E-state index in [1.54, 1.807) is 6.07 Å². The van der Waals surface area contributed by atoms with Crippen LogP contribution < -0.4 is 5.56 Å². The molecule has 2 N–H and O–H groups in total. The number of nitrogens with one attached hydrogen (secondary N) is 1. The Labute approximate surface area is 107 Å². The summed E-state index contributed by atoms with van der Waals surface area (Å²) in [5.41, 5.74) is 0.588. The highest BCUT2D eigenvalue weighted by Crippen LogP contribution is 2.25. The van der Waals surface area contributed by atoms with Gasteiger partial charge in [0.25, 0.3) is 5.56 Å². The molecule has 3 heterocycles. The van der Waals surface area contributed by atoms with Crippen molar-refractivity contribution in [3.63, 3.8) is 0 Å². The lowest BCUT2D eigenvalue weighted by atomic mass is 9.97. The van der Waals surface area contributed by atoms with Gasteiger partial charge in [-0.2, -0.15) is 0 Å². The molecule has 0 atom stereocenters. The van der Waals surface area contributed by atoms with Crippen LogP contribution in [0.2, 0.25) is 0 Å². The second-order valence-corrected chi connectivity index (χ2v) is 4.58. The summed E-state index contributed by atoms with van der Waals surface area (Å²) >= 11 is 0. The summed E-state index contributed by atoms with van der Waals surface area (Å²) in [4.78, 5) is 26.6. The van der Waals surface area contributed by atoms with Crippen LogP contribution in [0.5, 0.6) is 0 Å². The Morgan fingerprint density at radius 2 is 2.16 bits per heavy atom. The monoisotopic (exact) mass is 263 g/mol. The third kappa shape index (κ3) is 2.12. The van der Waals surface area contributed by atoms with Crippen molar-refractivity contribution in [3.8, 4) is 0 Å². The maximum absolute atomic E-state index is 11.8. The number of H-pyrrole nitrogens is 1. The van der Waals surface area contributed by atoms with E-state index in [0.29, 0.717) is 24.8 Å². The maximum atomic E-state index is 11.8. The molecule has 3 rings (SSSR count). The molecule has 7 nitrogen and oxygen atoms in total. The average Bonchev–Trinajstić information content (AvgIpc) is 2.84. The molecule has 0 unspecified atom stereocenters. The first kappa shape index (κ1) is 11.9. The van der Waals surface area contributed by atoms with E-state index in [2.05, 4.69) is 10.1 Å².